The molecule has 1 unspecified atom stereocenters. The zero-order chi connectivity index (χ0) is 24.4. The smallest absolute Gasteiger partial charge is 0.276 e. The Labute approximate surface area is 203 Å². The fourth-order valence-corrected chi connectivity index (χ4v) is 4.91. The number of carbonyl (C=O) groups excluding carboxylic acids is 2. The summed E-state index contributed by atoms with van der Waals surface area (Å²) in [5.41, 5.74) is 1.37. The fourth-order valence-electron chi connectivity index (χ4n) is 4.91. The summed E-state index contributed by atoms with van der Waals surface area (Å²) in [4.78, 5) is 41.8. The fraction of sp³-hybridized carbons (Fsp3) is 0.321. The predicted octanol–water partition coefficient (Wildman–Crippen LogP) is 4.91. The van der Waals surface area contributed by atoms with Crippen molar-refractivity contribution in [1.29, 1.82) is 0 Å². The molecule has 0 N–H and O–H groups in total. The van der Waals surface area contributed by atoms with E-state index in [1.807, 2.05) is 30.3 Å². The van der Waals surface area contributed by atoms with Crippen molar-refractivity contribution in [3.8, 4) is 5.75 Å². The molecule has 2 aliphatic heterocycles. The lowest BCUT2D eigenvalue weighted by Gasteiger charge is -2.23. The van der Waals surface area contributed by atoms with Crippen LogP contribution in [0.3, 0.4) is 0 Å². The first-order chi connectivity index (χ1) is 17.0. The third-order valence-electron chi connectivity index (χ3n) is 6.78. The number of carbonyl (C=O) groups is 2. The molecule has 6 nitrogen and oxygen atoms in total. The van der Waals surface area contributed by atoms with E-state index in [9.17, 15) is 18.8 Å². The van der Waals surface area contributed by atoms with Gasteiger partial charge >= 0.3 is 0 Å². The second kappa shape index (κ2) is 9.86. The van der Waals surface area contributed by atoms with Crippen molar-refractivity contribution in [3.63, 3.8) is 0 Å². The maximum absolute atomic E-state index is 13.5. The highest BCUT2D eigenvalue weighted by Crippen LogP contribution is 2.37. The number of halogens is 1. The lowest BCUT2D eigenvalue weighted by molar-refractivity contribution is 0.0701. The van der Waals surface area contributed by atoms with Gasteiger partial charge in [0, 0.05) is 19.2 Å². The minimum absolute atomic E-state index is 0.0258. The topological polar surface area (TPSA) is 68.6 Å². The standard InChI is InChI=1S/C28H27FN2O4/c29-21-13-10-19(11-14-21)12-15-23(32)22-17-31-24-9-5-2-6-16-30(24)28(34)25(31)27(26(22)33)35-18-20-7-3-1-4-8-20/h1,3-4,7-8,10-11,13-14,17,24H,2,5-6,9,12,15-16,18H2. The van der Waals surface area contributed by atoms with Gasteiger partial charge in [-0.05, 0) is 48.9 Å². The minimum Gasteiger partial charge on any atom is -0.483 e. The number of ether oxygens (including phenoxy) is 1. The van der Waals surface area contributed by atoms with Crippen molar-refractivity contribution in [3.05, 3.63) is 99.2 Å². The Morgan fingerprint density at radius 2 is 1.74 bits per heavy atom. The number of amides is 1. The lowest BCUT2D eigenvalue weighted by atomic mass is 10.0. The van der Waals surface area contributed by atoms with Gasteiger partial charge in [-0.2, -0.15) is 0 Å². The van der Waals surface area contributed by atoms with E-state index in [4.69, 9.17) is 4.74 Å². The number of nitrogens with zero attached hydrogens (tertiary/aromatic N) is 2. The molecule has 5 rings (SSSR count). The number of fused-ring (bicyclic) bond motifs is 3. The van der Waals surface area contributed by atoms with Gasteiger partial charge < -0.3 is 14.2 Å². The van der Waals surface area contributed by atoms with Gasteiger partial charge in [-0.25, -0.2) is 4.39 Å². The normalized spacial score (nSPS) is 17.0. The van der Waals surface area contributed by atoms with E-state index < -0.39 is 5.43 Å². The summed E-state index contributed by atoms with van der Waals surface area (Å²) >= 11 is 0. The summed E-state index contributed by atoms with van der Waals surface area (Å²) in [5.74, 6) is -0.935. The maximum atomic E-state index is 13.5. The van der Waals surface area contributed by atoms with Crippen molar-refractivity contribution in [2.24, 2.45) is 0 Å². The summed E-state index contributed by atoms with van der Waals surface area (Å²) in [5, 5.41) is 0. The molecular weight excluding hydrogens is 447 g/mol. The van der Waals surface area contributed by atoms with Crippen molar-refractivity contribution in [2.45, 2.75) is 51.3 Å². The number of aromatic nitrogens is 1. The van der Waals surface area contributed by atoms with E-state index in [1.54, 1.807) is 27.8 Å². The van der Waals surface area contributed by atoms with Gasteiger partial charge in [0.15, 0.2) is 17.2 Å². The Morgan fingerprint density at radius 1 is 0.971 bits per heavy atom. The Bertz CT molecular complexity index is 1300. The van der Waals surface area contributed by atoms with Crippen molar-refractivity contribution < 1.29 is 18.7 Å². The second-order valence-corrected chi connectivity index (χ2v) is 9.11. The molecule has 0 bridgehead atoms. The zero-order valence-electron chi connectivity index (χ0n) is 19.4. The third kappa shape index (κ3) is 4.63. The molecule has 0 aliphatic carbocycles. The highest BCUT2D eigenvalue weighted by atomic mass is 19.1. The number of hydrogen-bond donors (Lipinski definition) is 0. The summed E-state index contributed by atoms with van der Waals surface area (Å²) in [7, 11) is 0. The van der Waals surface area contributed by atoms with Gasteiger partial charge in [0.2, 0.25) is 5.43 Å². The van der Waals surface area contributed by atoms with Crippen molar-refractivity contribution >= 4 is 11.7 Å². The zero-order valence-corrected chi connectivity index (χ0v) is 19.4. The van der Waals surface area contributed by atoms with Crippen LogP contribution in [-0.4, -0.2) is 27.7 Å². The van der Waals surface area contributed by atoms with Crippen LogP contribution in [0.1, 0.15) is 70.2 Å². The predicted molar refractivity (Wildman–Crippen MR) is 129 cm³/mol. The highest BCUT2D eigenvalue weighted by molar-refractivity contribution is 6.00. The van der Waals surface area contributed by atoms with Gasteiger partial charge in [0.05, 0.1) is 5.56 Å². The van der Waals surface area contributed by atoms with Crippen LogP contribution in [0.5, 0.6) is 5.75 Å². The van der Waals surface area contributed by atoms with E-state index in [-0.39, 0.29) is 53.7 Å². The van der Waals surface area contributed by atoms with E-state index in [0.717, 1.165) is 36.8 Å². The van der Waals surface area contributed by atoms with Crippen LogP contribution in [0, 0.1) is 5.82 Å². The van der Waals surface area contributed by atoms with Crippen LogP contribution in [-0.2, 0) is 13.0 Å². The molecule has 1 atom stereocenters. The number of pyridine rings is 1. The molecule has 1 amide bonds. The van der Waals surface area contributed by atoms with Gasteiger partial charge in [0.25, 0.3) is 5.91 Å². The molecule has 1 aromatic heterocycles. The Kier molecular flexibility index (Phi) is 6.49. The van der Waals surface area contributed by atoms with Gasteiger partial charge in [-0.15, -0.1) is 0 Å². The van der Waals surface area contributed by atoms with Crippen molar-refractivity contribution in [1.82, 2.24) is 9.47 Å². The Hall–Kier alpha value is -3.74. The Morgan fingerprint density at radius 3 is 2.51 bits per heavy atom. The third-order valence-corrected chi connectivity index (χ3v) is 6.78. The van der Waals surface area contributed by atoms with E-state index in [1.165, 1.54) is 12.1 Å². The van der Waals surface area contributed by atoms with E-state index in [0.29, 0.717) is 13.0 Å². The number of rotatable bonds is 7. The summed E-state index contributed by atoms with van der Waals surface area (Å²) in [6.45, 7) is 0.736. The quantitative estimate of drug-likeness (QED) is 0.457. The SMILES string of the molecule is O=C(CCc1ccc(F)cc1)c1cn2c(c(OCc3ccccc3)c1=O)C(=O)N1CCCCCC12. The molecule has 3 heterocycles. The first kappa shape index (κ1) is 23.0. The minimum atomic E-state index is -0.553. The second-order valence-electron chi connectivity index (χ2n) is 9.11. The van der Waals surface area contributed by atoms with Crippen LogP contribution in [0.4, 0.5) is 4.39 Å². The number of ketones is 1. The molecule has 35 heavy (non-hydrogen) atoms. The maximum Gasteiger partial charge on any atom is 0.276 e. The average Bonchev–Trinajstić information content (AvgIpc) is 3.02. The molecule has 1 saturated heterocycles. The molecular formula is C28H27FN2O4. The van der Waals surface area contributed by atoms with Crippen LogP contribution in [0.25, 0.3) is 0 Å². The number of aryl methyl sites for hydroxylation is 1. The van der Waals surface area contributed by atoms with Gasteiger partial charge in [-0.1, -0.05) is 48.9 Å². The van der Waals surface area contributed by atoms with Crippen LogP contribution in [0.15, 0.2) is 65.6 Å². The van der Waals surface area contributed by atoms with Crippen LogP contribution < -0.4 is 10.2 Å². The lowest BCUT2D eigenvalue weighted by Crippen LogP contribution is -2.28. The number of benzene rings is 2. The number of Topliss-reactive ketones (excluding diaryl/α,β-unsaturated/α-hetero) is 1. The summed E-state index contributed by atoms with van der Waals surface area (Å²) in [6.07, 6.45) is 5.49. The molecule has 3 aromatic rings. The summed E-state index contributed by atoms with van der Waals surface area (Å²) in [6, 6.07) is 15.4. The largest absolute Gasteiger partial charge is 0.483 e. The molecule has 0 spiro atoms. The molecule has 2 aliphatic rings. The van der Waals surface area contributed by atoms with Crippen LogP contribution >= 0.6 is 0 Å². The van der Waals surface area contributed by atoms with E-state index >= 15 is 0 Å². The Balaban J connectivity index is 1.50. The molecule has 1 fully saturated rings. The van der Waals surface area contributed by atoms with Gasteiger partial charge in [-0.3, -0.25) is 14.4 Å². The average molecular weight is 475 g/mol. The number of hydrogen-bond acceptors (Lipinski definition) is 4. The van der Waals surface area contributed by atoms with Crippen LogP contribution in [0.2, 0.25) is 0 Å². The molecule has 0 radical (unpaired) electrons. The van der Waals surface area contributed by atoms with Crippen molar-refractivity contribution in [2.75, 3.05) is 6.54 Å². The monoisotopic (exact) mass is 474 g/mol. The van der Waals surface area contributed by atoms with E-state index in [2.05, 4.69) is 0 Å². The summed E-state index contributed by atoms with van der Waals surface area (Å²) < 4.78 is 21.0. The first-order valence-corrected chi connectivity index (χ1v) is 12.1. The molecule has 0 saturated carbocycles. The molecule has 2 aromatic carbocycles. The van der Waals surface area contributed by atoms with Gasteiger partial charge in [0.1, 0.15) is 18.6 Å². The molecule has 180 valence electrons. The molecule has 7 heteroatoms. The highest BCUT2D eigenvalue weighted by Gasteiger charge is 2.40. The first-order valence-electron chi connectivity index (χ1n) is 12.1.